The van der Waals surface area contributed by atoms with E-state index in [0.717, 1.165) is 33.5 Å². The van der Waals surface area contributed by atoms with Crippen molar-refractivity contribution >= 4 is 11.6 Å². The topological polar surface area (TPSA) is 104 Å². The minimum Gasteiger partial charge on any atom is -0.508 e. The van der Waals surface area contributed by atoms with Gasteiger partial charge in [0.1, 0.15) is 11.4 Å². The lowest BCUT2D eigenvalue weighted by Crippen LogP contribution is -2.54. The summed E-state index contributed by atoms with van der Waals surface area (Å²) in [6.07, 6.45) is 3.04. The molecule has 0 spiro atoms. The van der Waals surface area contributed by atoms with Crippen molar-refractivity contribution in [2.45, 2.75) is 31.9 Å². The van der Waals surface area contributed by atoms with Crippen molar-refractivity contribution in [2.24, 2.45) is 5.73 Å². The molecule has 9 heteroatoms. The maximum Gasteiger partial charge on any atom is 0.274 e. The van der Waals surface area contributed by atoms with Crippen LogP contribution in [0.5, 0.6) is 5.75 Å². The Morgan fingerprint density at radius 3 is 2.51 bits per heavy atom. The molecule has 2 aromatic heterocycles. The number of hydrogen-bond acceptors (Lipinski definition) is 6. The highest BCUT2D eigenvalue weighted by Gasteiger charge is 2.41. The van der Waals surface area contributed by atoms with Crippen molar-refractivity contribution in [3.05, 3.63) is 96.1 Å². The first-order valence-corrected chi connectivity index (χ1v) is 12.7. The molecule has 4 N–H and O–H groups in total. The number of nitrogens with zero attached hydrogens (tertiary/aromatic N) is 3. The van der Waals surface area contributed by atoms with Crippen LogP contribution >= 0.6 is 0 Å². The number of amides is 1. The Bertz CT molecular complexity index is 1480. The number of aryl methyl sites for hydroxylation is 1. The molecule has 0 aliphatic carbocycles. The molecular formula is C30H29F2N5O2. The zero-order chi connectivity index (χ0) is 27.6. The Labute approximate surface area is 225 Å². The third kappa shape index (κ3) is 6.27. The first-order valence-electron chi connectivity index (χ1n) is 12.7. The number of nitrogens with two attached hydrogens (primary N) is 1. The molecule has 5 rings (SSSR count). The Balaban J connectivity index is 1.41. The van der Waals surface area contributed by atoms with Crippen molar-refractivity contribution in [3.63, 3.8) is 0 Å². The van der Waals surface area contributed by atoms with Gasteiger partial charge in [0.05, 0.1) is 6.04 Å². The molecule has 0 radical (unpaired) electrons. The summed E-state index contributed by atoms with van der Waals surface area (Å²) in [6.45, 7) is 2.63. The van der Waals surface area contributed by atoms with Gasteiger partial charge in [0, 0.05) is 55.4 Å². The van der Waals surface area contributed by atoms with Crippen molar-refractivity contribution < 1.29 is 18.7 Å². The van der Waals surface area contributed by atoms with Gasteiger partial charge in [0.2, 0.25) is 0 Å². The zero-order valence-electron chi connectivity index (χ0n) is 21.4. The number of nitrogens with one attached hydrogen (secondary N) is 1. The van der Waals surface area contributed by atoms with E-state index in [2.05, 4.69) is 15.3 Å². The number of likely N-dealkylation sites (tertiary alicyclic amines) is 1. The number of carbonyl (C=O) groups is 1. The van der Waals surface area contributed by atoms with E-state index in [0.29, 0.717) is 12.2 Å². The van der Waals surface area contributed by atoms with Gasteiger partial charge < -0.3 is 16.2 Å². The third-order valence-corrected chi connectivity index (χ3v) is 6.85. The van der Waals surface area contributed by atoms with Crippen LogP contribution < -0.4 is 11.1 Å². The number of benzene rings is 2. The number of piperidine rings is 1. The molecule has 1 amide bonds. The largest absolute Gasteiger partial charge is 0.508 e. The van der Waals surface area contributed by atoms with Gasteiger partial charge in [-0.3, -0.25) is 19.7 Å². The van der Waals surface area contributed by atoms with Gasteiger partial charge in [-0.25, -0.2) is 8.78 Å². The molecule has 1 atom stereocenters. The fraction of sp³-hybridized carbons (Fsp3) is 0.233. The molecule has 1 aliphatic rings. The SMILES string of the molecule is Cc1ccc(-c2cc(CN3CCC(F)(F)[C@H](N)C3)cc(NC(=O)c3cc(-c4ccc(O)cc4)ccn3)c2)cn1. The number of halogens is 2. The van der Waals surface area contributed by atoms with E-state index in [1.807, 2.05) is 42.2 Å². The Kier molecular flexibility index (Phi) is 7.36. The molecule has 200 valence electrons. The van der Waals surface area contributed by atoms with Gasteiger partial charge >= 0.3 is 0 Å². The lowest BCUT2D eigenvalue weighted by atomic mass is 9.99. The van der Waals surface area contributed by atoms with Crippen LogP contribution in [0.25, 0.3) is 22.3 Å². The Hall–Kier alpha value is -4.21. The summed E-state index contributed by atoms with van der Waals surface area (Å²) >= 11 is 0. The van der Waals surface area contributed by atoms with E-state index in [9.17, 15) is 18.7 Å². The predicted molar refractivity (Wildman–Crippen MR) is 147 cm³/mol. The number of carbonyl (C=O) groups excluding carboxylic acids is 1. The predicted octanol–water partition coefficient (Wildman–Crippen LogP) is 5.25. The van der Waals surface area contributed by atoms with E-state index in [4.69, 9.17) is 5.73 Å². The van der Waals surface area contributed by atoms with Gasteiger partial charge in [0.25, 0.3) is 11.8 Å². The van der Waals surface area contributed by atoms with Crippen molar-refractivity contribution in [3.8, 4) is 28.0 Å². The van der Waals surface area contributed by atoms with Crippen LogP contribution in [0.1, 0.15) is 28.2 Å². The number of phenols is 1. The number of aromatic nitrogens is 2. The van der Waals surface area contributed by atoms with E-state index in [1.165, 1.54) is 0 Å². The molecule has 3 heterocycles. The van der Waals surface area contributed by atoms with Gasteiger partial charge in [-0.05, 0) is 77.7 Å². The molecule has 1 saturated heterocycles. The standard InChI is InChI=1S/C30H29F2N5O2/c1-19-2-3-23(16-35-19)24-12-20(17-37-11-9-30(31,32)28(33)18-37)13-25(14-24)36-29(39)27-15-22(8-10-34-27)21-4-6-26(38)7-5-21/h2-8,10,12-16,28,38H,9,11,17-18,33H2,1H3,(H,36,39)/t28-/m1/s1. The number of alkyl halides is 2. The zero-order valence-corrected chi connectivity index (χ0v) is 21.4. The molecule has 0 saturated carbocycles. The van der Waals surface area contributed by atoms with Crippen molar-refractivity contribution in [1.29, 1.82) is 0 Å². The summed E-state index contributed by atoms with van der Waals surface area (Å²) in [5, 5.41) is 12.5. The first kappa shape index (κ1) is 26.4. The summed E-state index contributed by atoms with van der Waals surface area (Å²) in [5.74, 6) is -3.10. The summed E-state index contributed by atoms with van der Waals surface area (Å²) in [5.41, 5.74) is 11.6. The lowest BCUT2D eigenvalue weighted by molar-refractivity contribution is -0.0738. The number of aromatic hydroxyl groups is 1. The minimum atomic E-state index is -2.87. The summed E-state index contributed by atoms with van der Waals surface area (Å²) in [6, 6.07) is 18.5. The second-order valence-corrected chi connectivity index (χ2v) is 9.89. The molecule has 1 fully saturated rings. The minimum absolute atomic E-state index is 0.0823. The molecular weight excluding hydrogens is 500 g/mol. The van der Waals surface area contributed by atoms with E-state index >= 15 is 0 Å². The fourth-order valence-corrected chi connectivity index (χ4v) is 4.64. The van der Waals surface area contributed by atoms with Crippen LogP contribution in [-0.2, 0) is 6.54 Å². The van der Waals surface area contributed by atoms with E-state index < -0.39 is 12.0 Å². The number of rotatable bonds is 6. The van der Waals surface area contributed by atoms with Crippen LogP contribution in [0, 0.1) is 6.92 Å². The highest BCUT2D eigenvalue weighted by Crippen LogP contribution is 2.30. The average molecular weight is 530 g/mol. The van der Waals surface area contributed by atoms with Crippen molar-refractivity contribution in [1.82, 2.24) is 14.9 Å². The summed E-state index contributed by atoms with van der Waals surface area (Å²) in [7, 11) is 0. The van der Waals surface area contributed by atoms with Crippen LogP contribution in [-0.4, -0.2) is 50.9 Å². The second-order valence-electron chi connectivity index (χ2n) is 9.89. The second kappa shape index (κ2) is 10.9. The van der Waals surface area contributed by atoms with Gasteiger partial charge in [0.15, 0.2) is 0 Å². The molecule has 0 unspecified atom stereocenters. The summed E-state index contributed by atoms with van der Waals surface area (Å²) < 4.78 is 27.9. The molecule has 39 heavy (non-hydrogen) atoms. The lowest BCUT2D eigenvalue weighted by Gasteiger charge is -2.36. The quantitative estimate of drug-likeness (QED) is 0.315. The Morgan fingerprint density at radius 1 is 1.03 bits per heavy atom. The molecule has 7 nitrogen and oxygen atoms in total. The molecule has 0 bridgehead atoms. The normalized spacial score (nSPS) is 17.1. The molecule has 4 aromatic rings. The molecule has 2 aromatic carbocycles. The van der Waals surface area contributed by atoms with Crippen LogP contribution in [0.15, 0.2) is 79.1 Å². The maximum atomic E-state index is 13.9. The molecule has 1 aliphatic heterocycles. The van der Waals surface area contributed by atoms with Crippen molar-refractivity contribution in [2.75, 3.05) is 18.4 Å². The Morgan fingerprint density at radius 2 is 1.79 bits per heavy atom. The number of hydrogen-bond donors (Lipinski definition) is 3. The third-order valence-electron chi connectivity index (χ3n) is 6.85. The fourth-order valence-electron chi connectivity index (χ4n) is 4.64. The van der Waals surface area contributed by atoms with Crippen LogP contribution in [0.4, 0.5) is 14.5 Å². The number of pyridine rings is 2. The summed E-state index contributed by atoms with van der Waals surface area (Å²) in [4.78, 5) is 23.8. The van der Waals surface area contributed by atoms with Gasteiger partial charge in [-0.15, -0.1) is 0 Å². The number of phenolic OH excluding ortho intramolecular Hbond substituents is 1. The first-order chi connectivity index (χ1) is 18.7. The van der Waals surface area contributed by atoms with Crippen LogP contribution in [0.3, 0.4) is 0 Å². The highest BCUT2D eigenvalue weighted by molar-refractivity contribution is 6.03. The average Bonchev–Trinajstić information content (AvgIpc) is 2.92. The smallest absolute Gasteiger partial charge is 0.274 e. The van der Waals surface area contributed by atoms with Crippen LogP contribution in [0.2, 0.25) is 0 Å². The van der Waals surface area contributed by atoms with Gasteiger partial charge in [-0.1, -0.05) is 18.2 Å². The monoisotopic (exact) mass is 529 g/mol. The van der Waals surface area contributed by atoms with E-state index in [-0.39, 0.29) is 36.9 Å². The highest BCUT2D eigenvalue weighted by atomic mass is 19.3. The maximum absolute atomic E-state index is 13.9. The van der Waals surface area contributed by atoms with Gasteiger partial charge in [-0.2, -0.15) is 0 Å². The van der Waals surface area contributed by atoms with E-state index in [1.54, 1.807) is 48.8 Å². The number of anilines is 1.